The fraction of sp³-hybridized carbons (Fsp3) is 0.188. The lowest BCUT2D eigenvalue weighted by molar-refractivity contribution is -0.130. The quantitative estimate of drug-likeness (QED) is 0.913. The van der Waals surface area contributed by atoms with Crippen molar-refractivity contribution in [3.63, 3.8) is 0 Å². The molecule has 0 aliphatic heterocycles. The number of primary amides is 1. The highest BCUT2D eigenvalue weighted by Gasteiger charge is 2.26. The molecule has 2 aromatic rings. The van der Waals surface area contributed by atoms with Gasteiger partial charge in [0.05, 0.1) is 0 Å². The lowest BCUT2D eigenvalue weighted by Crippen LogP contribution is -2.43. The second kappa shape index (κ2) is 5.14. The number of amides is 1. The van der Waals surface area contributed by atoms with Crippen molar-refractivity contribution in [3.05, 3.63) is 54.6 Å². The van der Waals surface area contributed by atoms with E-state index in [1.54, 1.807) is 13.8 Å². The zero-order chi connectivity index (χ0) is 13.9. The number of carbonyl (C=O) groups excluding carboxylic acids is 1. The molecule has 0 unspecified atom stereocenters. The summed E-state index contributed by atoms with van der Waals surface area (Å²) >= 11 is 0. The summed E-state index contributed by atoms with van der Waals surface area (Å²) in [6, 6.07) is 17.7. The Kier molecular flexibility index (Phi) is 3.56. The van der Waals surface area contributed by atoms with Gasteiger partial charge < -0.3 is 10.5 Å². The van der Waals surface area contributed by atoms with E-state index in [-0.39, 0.29) is 0 Å². The Bertz CT molecular complexity index is 559. The van der Waals surface area contributed by atoms with Crippen LogP contribution in [-0.4, -0.2) is 11.5 Å². The standard InChI is InChI=1S/C16H17NO2/c1-16(2,15(17)18)19-14-10-8-13(9-11-14)12-6-4-3-5-7-12/h3-11H,1-2H3,(H2,17,18). The number of benzene rings is 2. The lowest BCUT2D eigenvalue weighted by Gasteiger charge is -2.22. The maximum absolute atomic E-state index is 11.2. The van der Waals surface area contributed by atoms with Crippen LogP contribution in [0.1, 0.15) is 13.8 Å². The van der Waals surface area contributed by atoms with Crippen LogP contribution in [0, 0.1) is 0 Å². The number of hydrogen-bond acceptors (Lipinski definition) is 2. The van der Waals surface area contributed by atoms with Gasteiger partial charge in [-0.25, -0.2) is 0 Å². The van der Waals surface area contributed by atoms with E-state index in [4.69, 9.17) is 10.5 Å². The maximum atomic E-state index is 11.2. The Labute approximate surface area is 113 Å². The molecule has 1 amide bonds. The summed E-state index contributed by atoms with van der Waals surface area (Å²) in [4.78, 5) is 11.2. The van der Waals surface area contributed by atoms with Crippen molar-refractivity contribution in [2.75, 3.05) is 0 Å². The second-order valence-electron chi connectivity index (χ2n) is 4.87. The molecule has 19 heavy (non-hydrogen) atoms. The molecule has 0 radical (unpaired) electrons. The highest BCUT2D eigenvalue weighted by atomic mass is 16.5. The first kappa shape index (κ1) is 13.1. The molecule has 0 spiro atoms. The molecule has 2 N–H and O–H groups in total. The van der Waals surface area contributed by atoms with Crippen LogP contribution in [-0.2, 0) is 4.79 Å². The first-order valence-corrected chi connectivity index (χ1v) is 6.13. The van der Waals surface area contributed by atoms with Gasteiger partial charge in [-0.3, -0.25) is 4.79 Å². The summed E-state index contributed by atoms with van der Waals surface area (Å²) in [5.41, 5.74) is 6.51. The Morgan fingerprint density at radius 2 is 1.47 bits per heavy atom. The van der Waals surface area contributed by atoms with Crippen LogP contribution in [0.3, 0.4) is 0 Å². The van der Waals surface area contributed by atoms with Gasteiger partial charge >= 0.3 is 0 Å². The molecule has 0 aliphatic rings. The molecule has 0 bridgehead atoms. The molecule has 0 saturated heterocycles. The van der Waals surface area contributed by atoms with Crippen LogP contribution in [0.4, 0.5) is 0 Å². The highest BCUT2D eigenvalue weighted by molar-refractivity contribution is 5.82. The number of nitrogens with two attached hydrogens (primary N) is 1. The molecule has 0 heterocycles. The van der Waals surface area contributed by atoms with E-state index in [2.05, 4.69) is 0 Å². The van der Waals surface area contributed by atoms with Gasteiger partial charge in [-0.15, -0.1) is 0 Å². The maximum Gasteiger partial charge on any atom is 0.261 e. The molecule has 3 nitrogen and oxygen atoms in total. The smallest absolute Gasteiger partial charge is 0.261 e. The number of hydrogen-bond donors (Lipinski definition) is 1. The summed E-state index contributed by atoms with van der Waals surface area (Å²) in [5, 5.41) is 0. The van der Waals surface area contributed by atoms with Gasteiger partial charge in [0.15, 0.2) is 5.60 Å². The summed E-state index contributed by atoms with van der Waals surface area (Å²) in [6.07, 6.45) is 0. The second-order valence-corrected chi connectivity index (χ2v) is 4.87. The van der Waals surface area contributed by atoms with Crippen molar-refractivity contribution in [1.29, 1.82) is 0 Å². The molecule has 2 rings (SSSR count). The Hall–Kier alpha value is -2.29. The average Bonchev–Trinajstić information content (AvgIpc) is 2.40. The van der Waals surface area contributed by atoms with Crippen LogP contribution in [0.5, 0.6) is 5.75 Å². The average molecular weight is 255 g/mol. The molecule has 2 aromatic carbocycles. The van der Waals surface area contributed by atoms with Gasteiger partial charge in [-0.2, -0.15) is 0 Å². The highest BCUT2D eigenvalue weighted by Crippen LogP contribution is 2.24. The van der Waals surface area contributed by atoms with Crippen molar-refractivity contribution in [3.8, 4) is 16.9 Å². The van der Waals surface area contributed by atoms with Crippen molar-refractivity contribution >= 4 is 5.91 Å². The minimum absolute atomic E-state index is 0.486. The minimum Gasteiger partial charge on any atom is -0.478 e. The van der Waals surface area contributed by atoms with E-state index < -0.39 is 11.5 Å². The van der Waals surface area contributed by atoms with Crippen molar-refractivity contribution in [2.45, 2.75) is 19.4 Å². The number of ether oxygens (including phenoxy) is 1. The molecule has 0 fully saturated rings. The van der Waals surface area contributed by atoms with E-state index in [1.807, 2.05) is 54.6 Å². The Morgan fingerprint density at radius 3 is 2.00 bits per heavy atom. The lowest BCUT2D eigenvalue weighted by atomic mass is 10.1. The van der Waals surface area contributed by atoms with E-state index in [0.717, 1.165) is 11.1 Å². The number of carbonyl (C=O) groups is 1. The van der Waals surface area contributed by atoms with E-state index >= 15 is 0 Å². The van der Waals surface area contributed by atoms with Crippen LogP contribution >= 0.6 is 0 Å². The van der Waals surface area contributed by atoms with Gasteiger partial charge in [-0.1, -0.05) is 42.5 Å². The van der Waals surface area contributed by atoms with Crippen LogP contribution in [0.15, 0.2) is 54.6 Å². The van der Waals surface area contributed by atoms with Crippen LogP contribution in [0.25, 0.3) is 11.1 Å². The normalized spacial score (nSPS) is 11.1. The van der Waals surface area contributed by atoms with Crippen LogP contribution in [0.2, 0.25) is 0 Å². The molecule has 98 valence electrons. The molecule has 3 heteroatoms. The summed E-state index contributed by atoms with van der Waals surface area (Å²) in [6.45, 7) is 3.31. The Balaban J connectivity index is 2.18. The largest absolute Gasteiger partial charge is 0.478 e. The topological polar surface area (TPSA) is 52.3 Å². The summed E-state index contributed by atoms with van der Waals surface area (Å²) < 4.78 is 5.58. The zero-order valence-corrected chi connectivity index (χ0v) is 11.1. The number of rotatable bonds is 4. The third kappa shape index (κ3) is 3.13. The van der Waals surface area contributed by atoms with E-state index in [9.17, 15) is 4.79 Å². The SMILES string of the molecule is CC(C)(Oc1ccc(-c2ccccc2)cc1)C(N)=O. The fourth-order valence-electron chi connectivity index (χ4n) is 1.69. The molecule has 0 saturated carbocycles. The van der Waals surface area contributed by atoms with Crippen LogP contribution < -0.4 is 10.5 Å². The zero-order valence-electron chi connectivity index (χ0n) is 11.1. The molecular formula is C16H17NO2. The van der Waals surface area contributed by atoms with Gasteiger partial charge in [0.2, 0.25) is 0 Å². The van der Waals surface area contributed by atoms with Crippen molar-refractivity contribution in [1.82, 2.24) is 0 Å². The predicted molar refractivity (Wildman–Crippen MR) is 75.8 cm³/mol. The minimum atomic E-state index is -1.01. The summed E-state index contributed by atoms with van der Waals surface area (Å²) in [5.74, 6) is 0.142. The predicted octanol–water partition coefficient (Wildman–Crippen LogP) is 3.00. The monoisotopic (exact) mass is 255 g/mol. The first-order valence-electron chi connectivity index (χ1n) is 6.13. The van der Waals surface area contributed by atoms with Gasteiger partial charge in [-0.05, 0) is 37.1 Å². The third-order valence-electron chi connectivity index (χ3n) is 2.93. The van der Waals surface area contributed by atoms with Gasteiger partial charge in [0.25, 0.3) is 5.91 Å². The molecule has 0 aliphatic carbocycles. The molecular weight excluding hydrogens is 238 g/mol. The Morgan fingerprint density at radius 1 is 0.947 bits per heavy atom. The molecule has 0 aromatic heterocycles. The van der Waals surface area contributed by atoms with Gasteiger partial charge in [0, 0.05) is 0 Å². The summed E-state index contributed by atoms with van der Waals surface area (Å²) in [7, 11) is 0. The van der Waals surface area contributed by atoms with E-state index in [0.29, 0.717) is 5.75 Å². The van der Waals surface area contributed by atoms with E-state index in [1.165, 1.54) is 0 Å². The van der Waals surface area contributed by atoms with Crippen molar-refractivity contribution < 1.29 is 9.53 Å². The van der Waals surface area contributed by atoms with Crippen molar-refractivity contribution in [2.24, 2.45) is 5.73 Å². The van der Waals surface area contributed by atoms with Gasteiger partial charge in [0.1, 0.15) is 5.75 Å². The molecule has 0 atom stereocenters. The third-order valence-corrected chi connectivity index (χ3v) is 2.93. The first-order chi connectivity index (χ1) is 8.99. The fourth-order valence-corrected chi connectivity index (χ4v) is 1.69.